The highest BCUT2D eigenvalue weighted by Crippen LogP contribution is 2.24. The maximum Gasteiger partial charge on any atom is 0.516 e. The molecule has 0 aromatic carbocycles. The molecule has 0 bridgehead atoms. The van der Waals surface area contributed by atoms with Gasteiger partial charge in [0.05, 0.1) is 32.4 Å². The van der Waals surface area contributed by atoms with Crippen LogP contribution in [0.5, 0.6) is 0 Å². The fraction of sp³-hybridized carbons (Fsp3) is 0.895. The molecule has 0 aromatic heterocycles. The number of unbranched alkanes of at least 4 members (excludes halogenated alkanes) is 1. The Kier molecular flexibility index (Phi) is 7.92. The minimum Gasteiger partial charge on any atom is -0.442 e. The molecule has 2 heterocycles. The van der Waals surface area contributed by atoms with E-state index in [2.05, 4.69) is 0 Å². The molecule has 168 valence electrons. The van der Waals surface area contributed by atoms with Gasteiger partial charge in [0.2, 0.25) is 0 Å². The van der Waals surface area contributed by atoms with Crippen LogP contribution in [0.3, 0.4) is 0 Å². The zero-order valence-corrected chi connectivity index (χ0v) is 18.8. The molecule has 0 aromatic rings. The second-order valence-corrected chi connectivity index (χ2v) is 10.6. The normalized spacial score (nSPS) is 22.4. The van der Waals surface area contributed by atoms with E-state index in [4.69, 9.17) is 13.7 Å². The molecule has 1 unspecified atom stereocenters. The molecule has 9 nitrogen and oxygen atoms in total. The number of ether oxygens (including phenoxy) is 2. The lowest BCUT2D eigenvalue weighted by atomic mass is 10.1. The summed E-state index contributed by atoms with van der Waals surface area (Å²) in [5.74, 6) is 0. The largest absolute Gasteiger partial charge is 0.516 e. The topological polar surface area (TPSA) is 99.2 Å². The van der Waals surface area contributed by atoms with Crippen LogP contribution in [0.4, 0.5) is 9.59 Å². The van der Waals surface area contributed by atoms with Crippen molar-refractivity contribution in [2.45, 2.75) is 64.6 Å². The Labute approximate surface area is 174 Å². The number of rotatable bonds is 8. The van der Waals surface area contributed by atoms with Gasteiger partial charge in [0.1, 0.15) is 18.3 Å². The Morgan fingerprint density at radius 2 is 1.86 bits per heavy atom. The number of cyclic esters (lactones) is 1. The Balaban J connectivity index is 1.81. The molecule has 0 spiro atoms. The predicted octanol–water partition coefficient (Wildman–Crippen LogP) is 2.50. The van der Waals surface area contributed by atoms with Crippen LogP contribution in [0.15, 0.2) is 0 Å². The molecule has 0 saturated carbocycles. The molecule has 1 atom stereocenters. The fourth-order valence-electron chi connectivity index (χ4n) is 3.73. The number of piperidine rings is 1. The molecule has 0 radical (unpaired) electrons. The summed E-state index contributed by atoms with van der Waals surface area (Å²) >= 11 is 0. The van der Waals surface area contributed by atoms with Crippen molar-refractivity contribution in [2.75, 3.05) is 45.6 Å². The van der Waals surface area contributed by atoms with Gasteiger partial charge in [-0.2, -0.15) is 13.2 Å². The third-order valence-corrected chi connectivity index (χ3v) is 5.70. The molecule has 29 heavy (non-hydrogen) atoms. The summed E-state index contributed by atoms with van der Waals surface area (Å²) in [6.45, 7) is 8.58. The van der Waals surface area contributed by atoms with Gasteiger partial charge in [-0.05, 0) is 52.9 Å². The van der Waals surface area contributed by atoms with Gasteiger partial charge in [0.15, 0.2) is 0 Å². The summed E-state index contributed by atoms with van der Waals surface area (Å²) < 4.78 is 38.0. The van der Waals surface area contributed by atoms with Crippen molar-refractivity contribution in [2.24, 2.45) is 0 Å². The number of hydrogen-bond acceptors (Lipinski definition) is 7. The van der Waals surface area contributed by atoms with Crippen molar-refractivity contribution >= 4 is 22.3 Å². The second kappa shape index (κ2) is 9.61. The number of carbonyl (C=O) groups excluding carboxylic acids is 2. The van der Waals surface area contributed by atoms with Gasteiger partial charge < -0.3 is 14.4 Å². The first kappa shape index (κ1) is 23.9. The smallest absolute Gasteiger partial charge is 0.442 e. The summed E-state index contributed by atoms with van der Waals surface area (Å²) in [4.78, 5) is 26.4. The van der Waals surface area contributed by atoms with Crippen molar-refractivity contribution in [1.82, 2.24) is 4.90 Å². The third kappa shape index (κ3) is 7.75. The van der Waals surface area contributed by atoms with Crippen LogP contribution in [0.2, 0.25) is 0 Å². The first-order chi connectivity index (χ1) is 13.4. The lowest BCUT2D eigenvalue weighted by Gasteiger charge is -2.39. The minimum atomic E-state index is -3.56. The van der Waals surface area contributed by atoms with Gasteiger partial charge in [0.25, 0.3) is 10.1 Å². The summed E-state index contributed by atoms with van der Waals surface area (Å²) in [6, 6.07) is 0. The van der Waals surface area contributed by atoms with Crippen LogP contribution in [0.1, 0.15) is 52.9 Å². The van der Waals surface area contributed by atoms with Gasteiger partial charge in [-0.1, -0.05) is 0 Å². The molecule has 2 fully saturated rings. The Hall–Kier alpha value is -1.39. The van der Waals surface area contributed by atoms with E-state index < -0.39 is 27.9 Å². The Morgan fingerprint density at radius 1 is 1.21 bits per heavy atom. The monoisotopic (exact) mass is 435 g/mol. The number of carbonyl (C=O) groups is 2. The number of amides is 2. The van der Waals surface area contributed by atoms with E-state index >= 15 is 0 Å². The third-order valence-electron chi connectivity index (χ3n) is 5.13. The zero-order valence-electron chi connectivity index (χ0n) is 18.0. The van der Waals surface area contributed by atoms with Gasteiger partial charge in [0, 0.05) is 6.54 Å². The number of likely N-dealkylation sites (tertiary alicyclic amines) is 1. The summed E-state index contributed by atoms with van der Waals surface area (Å²) in [5, 5.41) is 0. The summed E-state index contributed by atoms with van der Waals surface area (Å²) in [5.41, 5.74) is -0.512. The lowest BCUT2D eigenvalue weighted by Crippen LogP contribution is -2.57. The van der Waals surface area contributed by atoms with Crippen molar-refractivity contribution < 1.29 is 36.1 Å². The van der Waals surface area contributed by atoms with E-state index in [0.717, 1.165) is 51.4 Å². The van der Waals surface area contributed by atoms with E-state index in [9.17, 15) is 18.0 Å². The predicted molar refractivity (Wildman–Crippen MR) is 107 cm³/mol. The standard InChI is InChI=1S/C19H35N2O7S/c1-19(2,3)28-18(23)21(11-7-5-8-12-21)13-9-6-10-20-14-16(27-17(20)22)15-26-29(4,24)25/h16H,5-15H2,1-4H3/q+1. The van der Waals surface area contributed by atoms with Gasteiger partial charge in [-0.3, -0.25) is 4.18 Å². The molecular weight excluding hydrogens is 400 g/mol. The van der Waals surface area contributed by atoms with E-state index in [1.54, 1.807) is 4.90 Å². The second-order valence-electron chi connectivity index (χ2n) is 9.00. The number of hydrogen-bond donors (Lipinski definition) is 0. The maximum atomic E-state index is 12.8. The van der Waals surface area contributed by atoms with Crippen molar-refractivity contribution in [3.8, 4) is 0 Å². The van der Waals surface area contributed by atoms with Crippen LogP contribution in [-0.2, 0) is 23.8 Å². The lowest BCUT2D eigenvalue weighted by molar-refractivity contribution is -0.863. The highest BCUT2D eigenvalue weighted by molar-refractivity contribution is 7.85. The molecule has 0 N–H and O–H groups in total. The van der Waals surface area contributed by atoms with Crippen LogP contribution >= 0.6 is 0 Å². The number of nitrogens with zero attached hydrogens (tertiary/aromatic N) is 2. The average molecular weight is 436 g/mol. The average Bonchev–Trinajstić information content (AvgIpc) is 2.96. The van der Waals surface area contributed by atoms with Crippen LogP contribution < -0.4 is 0 Å². The highest BCUT2D eigenvalue weighted by atomic mass is 32.2. The van der Waals surface area contributed by atoms with Crippen LogP contribution in [0.25, 0.3) is 0 Å². The van der Waals surface area contributed by atoms with Crippen molar-refractivity contribution in [3.05, 3.63) is 0 Å². The Bertz CT molecular complexity index is 681. The van der Waals surface area contributed by atoms with Gasteiger partial charge >= 0.3 is 12.2 Å². The van der Waals surface area contributed by atoms with E-state index in [0.29, 0.717) is 24.1 Å². The molecule has 2 amide bonds. The molecule has 2 rings (SSSR count). The van der Waals surface area contributed by atoms with E-state index in [1.165, 1.54) is 0 Å². The quantitative estimate of drug-likeness (QED) is 0.328. The molecule has 2 aliphatic rings. The van der Waals surface area contributed by atoms with Crippen LogP contribution in [-0.4, -0.2) is 87.3 Å². The van der Waals surface area contributed by atoms with Crippen molar-refractivity contribution in [3.63, 3.8) is 0 Å². The zero-order chi connectivity index (χ0) is 21.7. The molecule has 2 aliphatic heterocycles. The SMILES string of the molecule is CC(C)(C)OC(=O)[N+]1(CCCCN2CC(COS(C)(=O)=O)OC2=O)CCCCC1. The Morgan fingerprint density at radius 3 is 2.45 bits per heavy atom. The fourth-order valence-corrected chi connectivity index (χ4v) is 4.13. The maximum absolute atomic E-state index is 12.8. The van der Waals surface area contributed by atoms with Crippen molar-refractivity contribution in [1.29, 1.82) is 0 Å². The van der Waals surface area contributed by atoms with E-state index in [-0.39, 0.29) is 12.7 Å². The molecule has 0 aliphatic carbocycles. The van der Waals surface area contributed by atoms with Crippen LogP contribution in [0, 0.1) is 0 Å². The molecule has 2 saturated heterocycles. The first-order valence-corrected chi connectivity index (χ1v) is 12.1. The molecule has 10 heteroatoms. The number of quaternary nitrogens is 1. The molecular formula is C19H35N2O7S+. The summed E-state index contributed by atoms with van der Waals surface area (Å²) in [7, 11) is -3.56. The first-order valence-electron chi connectivity index (χ1n) is 10.3. The van der Waals surface area contributed by atoms with E-state index in [1.807, 2.05) is 20.8 Å². The van der Waals surface area contributed by atoms with Gasteiger partial charge in [-0.15, -0.1) is 0 Å². The minimum absolute atomic E-state index is 0.157. The van der Waals surface area contributed by atoms with Gasteiger partial charge in [-0.25, -0.2) is 9.28 Å². The highest BCUT2D eigenvalue weighted by Gasteiger charge is 2.41. The summed E-state index contributed by atoms with van der Waals surface area (Å²) in [6.07, 6.45) is 4.45.